The van der Waals surface area contributed by atoms with E-state index < -0.39 is 19.0 Å². The van der Waals surface area contributed by atoms with Crippen LogP contribution in [0.2, 0.25) is 5.02 Å². The monoisotopic (exact) mass is 368 g/mol. The first-order valence-corrected chi connectivity index (χ1v) is 8.46. The van der Waals surface area contributed by atoms with E-state index in [0.29, 0.717) is 10.6 Å². The Morgan fingerprint density at radius 2 is 1.83 bits per heavy atom. The molecule has 3 aromatic rings. The maximum absolute atomic E-state index is 12.2. The number of halogens is 1. The molecule has 0 unspecified atom stereocenters. The summed E-state index contributed by atoms with van der Waals surface area (Å²) in [6, 6.07) is 9.88. The van der Waals surface area contributed by atoms with Gasteiger partial charge in [-0.2, -0.15) is 0 Å². The second kappa shape index (κ2) is 5.96. The van der Waals surface area contributed by atoms with Crippen LogP contribution in [0.1, 0.15) is 0 Å². The van der Waals surface area contributed by atoms with Crippen LogP contribution >= 0.6 is 19.4 Å². The second-order valence-electron chi connectivity index (χ2n) is 4.85. The molecule has 124 valence electrons. The van der Waals surface area contributed by atoms with Crippen molar-refractivity contribution in [2.75, 3.05) is 0 Å². The Labute approximate surface area is 139 Å². The highest BCUT2D eigenvalue weighted by molar-refractivity contribution is 7.46. The summed E-state index contributed by atoms with van der Waals surface area (Å²) in [5.74, 6) is -0.714. The number of phosphoric acid groups is 1. The zero-order valence-corrected chi connectivity index (χ0v) is 13.5. The van der Waals surface area contributed by atoms with Gasteiger partial charge in [0.25, 0.3) is 0 Å². The summed E-state index contributed by atoms with van der Waals surface area (Å²) >= 11 is 6.07. The van der Waals surface area contributed by atoms with E-state index in [1.165, 1.54) is 6.07 Å². The minimum Gasteiger partial charge on any atom is -0.507 e. The van der Waals surface area contributed by atoms with E-state index in [4.69, 9.17) is 25.8 Å². The van der Waals surface area contributed by atoms with E-state index in [1.807, 2.05) is 0 Å². The van der Waals surface area contributed by atoms with Crippen LogP contribution in [0.3, 0.4) is 0 Å². The van der Waals surface area contributed by atoms with Gasteiger partial charge in [0, 0.05) is 23.8 Å². The Balaban J connectivity index is 2.24. The summed E-state index contributed by atoms with van der Waals surface area (Å²) in [4.78, 5) is 30.0. The predicted octanol–water partition coefficient (Wildman–Crippen LogP) is 3.29. The van der Waals surface area contributed by atoms with Crippen LogP contribution in [0.15, 0.2) is 51.7 Å². The molecule has 0 saturated carbocycles. The molecule has 7 nitrogen and oxygen atoms in total. The van der Waals surface area contributed by atoms with Crippen LogP contribution in [0.4, 0.5) is 0 Å². The number of rotatable bonds is 3. The minimum absolute atomic E-state index is 0.0964. The topological polar surface area (TPSA) is 117 Å². The van der Waals surface area contributed by atoms with Crippen molar-refractivity contribution in [2.24, 2.45) is 0 Å². The van der Waals surface area contributed by atoms with Gasteiger partial charge in [-0.15, -0.1) is 0 Å². The second-order valence-corrected chi connectivity index (χ2v) is 6.42. The average Bonchev–Trinajstić information content (AvgIpc) is 2.44. The van der Waals surface area contributed by atoms with E-state index in [2.05, 4.69) is 4.52 Å². The third kappa shape index (κ3) is 3.29. The molecule has 3 rings (SSSR count). The van der Waals surface area contributed by atoms with Crippen molar-refractivity contribution in [1.82, 2.24) is 0 Å². The maximum Gasteiger partial charge on any atom is 0.524 e. The van der Waals surface area contributed by atoms with Gasteiger partial charge in [-0.05, 0) is 12.1 Å². The van der Waals surface area contributed by atoms with E-state index in [1.54, 1.807) is 24.3 Å². The quantitative estimate of drug-likeness (QED) is 0.607. The van der Waals surface area contributed by atoms with E-state index >= 15 is 0 Å². The fraction of sp³-hybridized carbons (Fsp3) is 0. The molecule has 1 aromatic heterocycles. The summed E-state index contributed by atoms with van der Waals surface area (Å²) in [7, 11) is -4.83. The van der Waals surface area contributed by atoms with Gasteiger partial charge < -0.3 is 14.0 Å². The van der Waals surface area contributed by atoms with Crippen LogP contribution < -0.4 is 9.95 Å². The van der Waals surface area contributed by atoms with Crippen molar-refractivity contribution < 1.29 is 28.4 Å². The molecule has 0 amide bonds. The SMILES string of the molecule is O=c1cc(-c2ccccc2Cl)oc2cc(OP(=O)(O)O)cc(O)c12. The molecule has 0 atom stereocenters. The number of aromatic hydroxyl groups is 1. The molecule has 0 bridgehead atoms. The molecule has 1 heterocycles. The molecular formula is C15H10ClO7P. The minimum atomic E-state index is -4.83. The van der Waals surface area contributed by atoms with E-state index in [9.17, 15) is 14.5 Å². The maximum atomic E-state index is 12.2. The van der Waals surface area contributed by atoms with E-state index in [-0.39, 0.29) is 22.5 Å². The number of hydrogen-bond acceptors (Lipinski definition) is 5. The molecule has 0 fully saturated rings. The van der Waals surface area contributed by atoms with Crippen LogP contribution in [-0.2, 0) is 4.57 Å². The van der Waals surface area contributed by atoms with Crippen molar-refractivity contribution in [2.45, 2.75) is 0 Å². The average molecular weight is 369 g/mol. The lowest BCUT2D eigenvalue weighted by Gasteiger charge is -2.10. The van der Waals surface area contributed by atoms with Crippen molar-refractivity contribution in [1.29, 1.82) is 0 Å². The van der Waals surface area contributed by atoms with Crippen molar-refractivity contribution in [3.8, 4) is 22.8 Å². The molecule has 0 aliphatic rings. The summed E-state index contributed by atoms with van der Waals surface area (Å²) in [6.07, 6.45) is 0. The van der Waals surface area contributed by atoms with Crippen LogP contribution in [-0.4, -0.2) is 14.9 Å². The Hall–Kier alpha value is -2.31. The summed E-state index contributed by atoms with van der Waals surface area (Å²) in [5, 5.41) is 10.1. The standard InChI is InChI=1S/C15H10ClO7P/c16-10-4-2-1-3-9(10)13-7-12(18)15-11(17)5-8(6-14(15)22-13)23-24(19,20)21/h1-7,17H,(H2,19,20,21). The van der Waals surface area contributed by atoms with Crippen LogP contribution in [0.25, 0.3) is 22.3 Å². The Morgan fingerprint density at radius 1 is 1.12 bits per heavy atom. The number of hydrogen-bond donors (Lipinski definition) is 3. The third-order valence-electron chi connectivity index (χ3n) is 3.15. The molecule has 0 spiro atoms. The lowest BCUT2D eigenvalue weighted by molar-refractivity contribution is 0.283. The highest BCUT2D eigenvalue weighted by Gasteiger charge is 2.19. The molecule has 24 heavy (non-hydrogen) atoms. The largest absolute Gasteiger partial charge is 0.524 e. The van der Waals surface area contributed by atoms with Gasteiger partial charge in [0.05, 0.1) is 5.02 Å². The Kier molecular flexibility index (Phi) is 4.11. The summed E-state index contributed by atoms with van der Waals surface area (Å²) in [5.41, 5.74) is -0.175. The van der Waals surface area contributed by atoms with Crippen molar-refractivity contribution in [3.05, 3.63) is 57.7 Å². The van der Waals surface area contributed by atoms with Crippen molar-refractivity contribution >= 4 is 30.4 Å². The number of phenols is 1. The zero-order chi connectivity index (χ0) is 17.5. The highest BCUT2D eigenvalue weighted by atomic mass is 35.5. The lowest BCUT2D eigenvalue weighted by atomic mass is 10.1. The van der Waals surface area contributed by atoms with Gasteiger partial charge in [0.15, 0.2) is 5.43 Å². The molecule has 0 aliphatic heterocycles. The molecular weight excluding hydrogens is 359 g/mol. The third-order valence-corrected chi connectivity index (χ3v) is 3.93. The van der Waals surface area contributed by atoms with Gasteiger partial charge in [0.1, 0.15) is 28.2 Å². The molecule has 0 saturated heterocycles. The fourth-order valence-electron chi connectivity index (χ4n) is 2.23. The molecule has 2 aromatic carbocycles. The first kappa shape index (κ1) is 16.5. The van der Waals surface area contributed by atoms with E-state index in [0.717, 1.165) is 12.1 Å². The highest BCUT2D eigenvalue weighted by Crippen LogP contribution is 2.41. The van der Waals surface area contributed by atoms with Gasteiger partial charge in [-0.1, -0.05) is 23.7 Å². The van der Waals surface area contributed by atoms with Gasteiger partial charge in [0.2, 0.25) is 0 Å². The number of phenolic OH excluding ortho intramolecular Hbond substituents is 1. The first-order chi connectivity index (χ1) is 11.2. The van der Waals surface area contributed by atoms with Gasteiger partial charge in [-0.25, -0.2) is 4.57 Å². The number of fused-ring (bicyclic) bond motifs is 1. The Morgan fingerprint density at radius 3 is 2.50 bits per heavy atom. The Bertz CT molecular complexity index is 1040. The summed E-state index contributed by atoms with van der Waals surface area (Å²) < 4.78 is 20.9. The normalized spacial score (nSPS) is 11.6. The van der Waals surface area contributed by atoms with Crippen molar-refractivity contribution in [3.63, 3.8) is 0 Å². The zero-order valence-electron chi connectivity index (χ0n) is 11.8. The molecule has 9 heteroatoms. The molecule has 0 radical (unpaired) electrons. The smallest absolute Gasteiger partial charge is 0.507 e. The summed E-state index contributed by atoms with van der Waals surface area (Å²) in [6.45, 7) is 0. The number of benzene rings is 2. The molecule has 0 aliphatic carbocycles. The van der Waals surface area contributed by atoms with Gasteiger partial charge in [-0.3, -0.25) is 14.6 Å². The molecule has 3 N–H and O–H groups in total. The van der Waals surface area contributed by atoms with Crippen LogP contribution in [0, 0.1) is 0 Å². The predicted molar refractivity (Wildman–Crippen MR) is 87.3 cm³/mol. The van der Waals surface area contributed by atoms with Gasteiger partial charge >= 0.3 is 7.82 Å². The fourth-order valence-corrected chi connectivity index (χ4v) is 2.84. The first-order valence-electron chi connectivity index (χ1n) is 6.55. The lowest BCUT2D eigenvalue weighted by Crippen LogP contribution is -2.01. The number of phosphoric ester groups is 1. The van der Waals surface area contributed by atoms with Crippen LogP contribution in [0.5, 0.6) is 11.5 Å².